The van der Waals surface area contributed by atoms with Crippen LogP contribution in [-0.2, 0) is 9.84 Å². The van der Waals surface area contributed by atoms with E-state index in [-0.39, 0.29) is 12.5 Å². The molecule has 3 atom stereocenters. The molecule has 1 aliphatic carbocycles. The number of hydrogen-bond acceptors (Lipinski definition) is 4. The van der Waals surface area contributed by atoms with Gasteiger partial charge in [0.25, 0.3) is 0 Å². The van der Waals surface area contributed by atoms with Crippen molar-refractivity contribution >= 4 is 25.8 Å². The summed E-state index contributed by atoms with van der Waals surface area (Å²) in [5.41, 5.74) is 13.2. The van der Waals surface area contributed by atoms with E-state index in [1.165, 1.54) is 0 Å². The van der Waals surface area contributed by atoms with Crippen LogP contribution in [0.5, 0.6) is 0 Å². The minimum absolute atomic E-state index is 0.128. The van der Waals surface area contributed by atoms with Gasteiger partial charge in [0, 0.05) is 16.9 Å². The number of halogens is 1. The van der Waals surface area contributed by atoms with E-state index in [1.807, 2.05) is 31.2 Å². The summed E-state index contributed by atoms with van der Waals surface area (Å²) in [6.45, 7) is 2.05. The number of rotatable bonds is 4. The molecular weight excluding hydrogens is 376 g/mol. The third-order valence-electron chi connectivity index (χ3n) is 4.57. The van der Waals surface area contributed by atoms with Gasteiger partial charge in [-0.05, 0) is 36.8 Å². The summed E-state index contributed by atoms with van der Waals surface area (Å²) in [5, 5.41) is -0.691. The maximum atomic E-state index is 13.0. The van der Waals surface area contributed by atoms with Gasteiger partial charge >= 0.3 is 0 Å². The fraction of sp³-hybridized carbons (Fsp3) is 0.294. The molecule has 1 saturated carbocycles. The van der Waals surface area contributed by atoms with Crippen molar-refractivity contribution in [2.45, 2.75) is 28.5 Å². The second kappa shape index (κ2) is 5.70. The summed E-state index contributed by atoms with van der Waals surface area (Å²) < 4.78 is 26.9. The van der Waals surface area contributed by atoms with Gasteiger partial charge in [-0.25, -0.2) is 8.42 Å². The van der Waals surface area contributed by atoms with Crippen LogP contribution in [0.3, 0.4) is 0 Å². The quantitative estimate of drug-likeness (QED) is 0.832. The van der Waals surface area contributed by atoms with E-state index in [2.05, 4.69) is 15.9 Å². The van der Waals surface area contributed by atoms with Crippen LogP contribution < -0.4 is 11.5 Å². The van der Waals surface area contributed by atoms with Crippen molar-refractivity contribution in [2.75, 3.05) is 6.54 Å². The molecule has 1 aliphatic rings. The van der Waals surface area contributed by atoms with Crippen LogP contribution in [0, 0.1) is 6.92 Å². The van der Waals surface area contributed by atoms with Crippen LogP contribution in [0.25, 0.3) is 0 Å². The predicted molar refractivity (Wildman–Crippen MR) is 95.0 cm³/mol. The molecule has 0 amide bonds. The Labute approximate surface area is 144 Å². The summed E-state index contributed by atoms with van der Waals surface area (Å²) in [6, 6.07) is 14.4. The first-order chi connectivity index (χ1) is 10.8. The topological polar surface area (TPSA) is 86.2 Å². The lowest BCUT2D eigenvalue weighted by atomic mass is 10.1. The number of benzene rings is 2. The Morgan fingerprint density at radius 3 is 2.17 bits per heavy atom. The Hall–Kier alpha value is -1.21. The van der Waals surface area contributed by atoms with Crippen molar-refractivity contribution in [1.82, 2.24) is 0 Å². The first kappa shape index (κ1) is 16.6. The number of nitrogens with two attached hydrogens (primary N) is 2. The van der Waals surface area contributed by atoms with E-state index in [0.717, 1.165) is 15.6 Å². The van der Waals surface area contributed by atoms with Crippen molar-refractivity contribution < 1.29 is 8.42 Å². The zero-order valence-electron chi connectivity index (χ0n) is 12.7. The monoisotopic (exact) mass is 394 g/mol. The smallest absolute Gasteiger partial charge is 0.183 e. The van der Waals surface area contributed by atoms with Gasteiger partial charge in [0.2, 0.25) is 0 Å². The molecule has 4 nitrogen and oxygen atoms in total. The molecule has 23 heavy (non-hydrogen) atoms. The van der Waals surface area contributed by atoms with Crippen molar-refractivity contribution in [2.24, 2.45) is 11.5 Å². The largest absolute Gasteiger partial charge is 0.329 e. The standard InChI is InChI=1S/C17H19BrN2O2S/c1-11-2-8-14(9-3-11)23(21,22)16-15(17(16,20)10-19)12-4-6-13(18)7-5-12/h2-9,15-16H,10,19-20H2,1H3/t15-,16+,17-/m0/s1. The van der Waals surface area contributed by atoms with Gasteiger partial charge in [-0.15, -0.1) is 0 Å². The first-order valence-corrected chi connectivity index (χ1v) is 9.69. The minimum Gasteiger partial charge on any atom is -0.329 e. The molecule has 0 spiro atoms. The molecular formula is C17H19BrN2O2S. The molecule has 0 bridgehead atoms. The minimum atomic E-state index is -3.53. The molecule has 2 aromatic rings. The van der Waals surface area contributed by atoms with Gasteiger partial charge in [0.15, 0.2) is 9.84 Å². The molecule has 6 heteroatoms. The van der Waals surface area contributed by atoms with Crippen molar-refractivity contribution in [3.05, 3.63) is 64.1 Å². The highest BCUT2D eigenvalue weighted by atomic mass is 79.9. The van der Waals surface area contributed by atoms with Crippen LogP contribution in [0.4, 0.5) is 0 Å². The Morgan fingerprint density at radius 2 is 1.65 bits per heavy atom. The number of hydrogen-bond donors (Lipinski definition) is 2. The number of sulfone groups is 1. The van der Waals surface area contributed by atoms with E-state index in [1.54, 1.807) is 24.3 Å². The normalized spacial score (nSPS) is 27.0. The Bertz CT molecular complexity index is 819. The molecule has 0 aliphatic heterocycles. The van der Waals surface area contributed by atoms with Crippen molar-refractivity contribution in [3.63, 3.8) is 0 Å². The lowest BCUT2D eigenvalue weighted by Crippen LogP contribution is -2.39. The lowest BCUT2D eigenvalue weighted by Gasteiger charge is -2.09. The van der Waals surface area contributed by atoms with Gasteiger partial charge < -0.3 is 11.5 Å². The first-order valence-electron chi connectivity index (χ1n) is 7.35. The summed E-state index contributed by atoms with van der Waals surface area (Å²) >= 11 is 3.38. The van der Waals surface area contributed by atoms with Gasteiger partial charge in [-0.3, -0.25) is 0 Å². The highest BCUT2D eigenvalue weighted by Gasteiger charge is 2.68. The number of aryl methyl sites for hydroxylation is 1. The Morgan fingerprint density at radius 1 is 1.09 bits per heavy atom. The van der Waals surface area contributed by atoms with Crippen molar-refractivity contribution in [1.29, 1.82) is 0 Å². The van der Waals surface area contributed by atoms with Crippen molar-refractivity contribution in [3.8, 4) is 0 Å². The zero-order valence-corrected chi connectivity index (χ0v) is 15.1. The third kappa shape index (κ3) is 2.74. The third-order valence-corrected chi connectivity index (χ3v) is 7.41. The highest BCUT2D eigenvalue weighted by Crippen LogP contribution is 2.55. The van der Waals surface area contributed by atoms with Gasteiger partial charge in [-0.2, -0.15) is 0 Å². The van der Waals surface area contributed by atoms with Crippen LogP contribution in [-0.4, -0.2) is 25.8 Å². The van der Waals surface area contributed by atoms with Crippen LogP contribution in [0.2, 0.25) is 0 Å². The summed E-state index contributed by atoms with van der Waals surface area (Å²) in [4.78, 5) is 0.302. The second-order valence-corrected chi connectivity index (χ2v) is 9.11. The summed E-state index contributed by atoms with van der Waals surface area (Å²) in [7, 11) is -3.53. The fourth-order valence-electron chi connectivity index (χ4n) is 3.16. The molecule has 0 radical (unpaired) electrons. The fourth-order valence-corrected chi connectivity index (χ4v) is 5.75. The highest BCUT2D eigenvalue weighted by molar-refractivity contribution is 9.10. The molecule has 0 heterocycles. The molecule has 0 saturated heterocycles. The predicted octanol–water partition coefficient (Wildman–Crippen LogP) is 2.35. The van der Waals surface area contributed by atoms with E-state index in [4.69, 9.17) is 11.5 Å². The molecule has 2 aromatic carbocycles. The van der Waals surface area contributed by atoms with Crippen LogP contribution in [0.15, 0.2) is 57.9 Å². The molecule has 4 N–H and O–H groups in total. The Balaban J connectivity index is 2.01. The Kier molecular flexibility index (Phi) is 4.13. The average molecular weight is 395 g/mol. The lowest BCUT2D eigenvalue weighted by molar-refractivity contribution is 0.586. The maximum absolute atomic E-state index is 13.0. The average Bonchev–Trinajstić information content (AvgIpc) is 3.16. The van der Waals surface area contributed by atoms with Crippen LogP contribution in [0.1, 0.15) is 17.0 Å². The maximum Gasteiger partial charge on any atom is 0.183 e. The molecule has 1 fully saturated rings. The van der Waals surface area contributed by atoms with Gasteiger partial charge in [0.1, 0.15) is 0 Å². The van der Waals surface area contributed by atoms with E-state index in [0.29, 0.717) is 4.90 Å². The van der Waals surface area contributed by atoms with Crippen LogP contribution >= 0.6 is 15.9 Å². The molecule has 3 rings (SSSR count). The van der Waals surface area contributed by atoms with E-state index in [9.17, 15) is 8.42 Å². The summed E-state index contributed by atoms with van der Waals surface area (Å²) in [6.07, 6.45) is 0. The summed E-state index contributed by atoms with van der Waals surface area (Å²) in [5.74, 6) is -0.285. The SMILES string of the molecule is Cc1ccc(S(=O)(=O)[C@@H]2[C@H](c3ccc(Br)cc3)[C@@]2(N)CN)cc1. The van der Waals surface area contributed by atoms with E-state index >= 15 is 0 Å². The zero-order chi connectivity index (χ0) is 16.8. The molecule has 122 valence electrons. The van der Waals surface area contributed by atoms with Gasteiger partial charge in [0.05, 0.1) is 15.7 Å². The van der Waals surface area contributed by atoms with Gasteiger partial charge in [-0.1, -0.05) is 45.8 Å². The second-order valence-electron chi connectivity index (χ2n) is 6.12. The molecule has 0 aromatic heterocycles. The molecule has 0 unspecified atom stereocenters. The van der Waals surface area contributed by atoms with E-state index < -0.39 is 20.6 Å².